The zero-order valence-electron chi connectivity index (χ0n) is 9.51. The van der Waals surface area contributed by atoms with Crippen molar-refractivity contribution >= 4 is 17.5 Å². The number of carbonyl (C=O) groups excluding carboxylic acids is 1. The van der Waals surface area contributed by atoms with Gasteiger partial charge in [-0.2, -0.15) is 0 Å². The minimum absolute atomic E-state index is 0.152. The second-order valence-electron chi connectivity index (χ2n) is 4.28. The molecule has 1 saturated heterocycles. The van der Waals surface area contributed by atoms with Crippen LogP contribution in [0.15, 0.2) is 12.1 Å². The van der Waals surface area contributed by atoms with Gasteiger partial charge in [0.05, 0.1) is 6.10 Å². The zero-order chi connectivity index (χ0) is 12.4. The van der Waals surface area contributed by atoms with Crippen molar-refractivity contribution in [3.8, 4) is 0 Å². The molecule has 2 heterocycles. The molecule has 5 nitrogen and oxygen atoms in total. The van der Waals surface area contributed by atoms with Crippen LogP contribution in [0.25, 0.3) is 0 Å². The van der Waals surface area contributed by atoms with Crippen molar-refractivity contribution in [3.63, 3.8) is 0 Å². The Morgan fingerprint density at radius 1 is 1.59 bits per heavy atom. The van der Waals surface area contributed by atoms with Gasteiger partial charge in [0.2, 0.25) is 0 Å². The lowest BCUT2D eigenvalue weighted by atomic mass is 10.0. The Morgan fingerprint density at radius 3 is 2.88 bits per heavy atom. The summed E-state index contributed by atoms with van der Waals surface area (Å²) in [4.78, 5) is 13.7. The van der Waals surface area contributed by atoms with Gasteiger partial charge < -0.3 is 10.0 Å². The van der Waals surface area contributed by atoms with Crippen molar-refractivity contribution in [2.45, 2.75) is 19.4 Å². The molecular weight excluding hydrogens is 242 g/mol. The highest BCUT2D eigenvalue weighted by Gasteiger charge is 2.30. The molecule has 1 aromatic heterocycles. The second kappa shape index (κ2) is 4.98. The Labute approximate surface area is 104 Å². The largest absolute Gasteiger partial charge is 0.393 e. The van der Waals surface area contributed by atoms with Crippen LogP contribution in [0.3, 0.4) is 0 Å². The van der Waals surface area contributed by atoms with E-state index in [0.717, 1.165) is 6.42 Å². The summed E-state index contributed by atoms with van der Waals surface area (Å²) in [7, 11) is 0. The number of aliphatic hydroxyl groups excluding tert-OH is 1. The van der Waals surface area contributed by atoms with Crippen LogP contribution >= 0.6 is 11.6 Å². The van der Waals surface area contributed by atoms with Crippen LogP contribution in [0.2, 0.25) is 5.15 Å². The van der Waals surface area contributed by atoms with Crippen LogP contribution in [0.4, 0.5) is 0 Å². The van der Waals surface area contributed by atoms with E-state index in [9.17, 15) is 9.90 Å². The molecular formula is C11H14ClN3O2. The lowest BCUT2D eigenvalue weighted by Gasteiger charge is -2.16. The van der Waals surface area contributed by atoms with Gasteiger partial charge in [0, 0.05) is 19.0 Å². The predicted molar refractivity (Wildman–Crippen MR) is 62.7 cm³/mol. The van der Waals surface area contributed by atoms with Gasteiger partial charge in [0.25, 0.3) is 5.91 Å². The van der Waals surface area contributed by atoms with E-state index in [2.05, 4.69) is 10.2 Å². The molecule has 0 bridgehead atoms. The fourth-order valence-electron chi connectivity index (χ4n) is 1.96. The van der Waals surface area contributed by atoms with Crippen molar-refractivity contribution < 1.29 is 9.90 Å². The van der Waals surface area contributed by atoms with E-state index in [1.807, 2.05) is 0 Å². The highest BCUT2D eigenvalue weighted by Crippen LogP contribution is 2.21. The fraction of sp³-hybridized carbons (Fsp3) is 0.545. The average molecular weight is 256 g/mol. The number of amides is 1. The fourth-order valence-corrected chi connectivity index (χ4v) is 2.06. The first-order valence-corrected chi connectivity index (χ1v) is 5.92. The number of carbonyl (C=O) groups is 1. The molecule has 2 rings (SSSR count). The van der Waals surface area contributed by atoms with Crippen LogP contribution in [0.5, 0.6) is 0 Å². The minimum Gasteiger partial charge on any atom is -0.393 e. The smallest absolute Gasteiger partial charge is 0.274 e. The molecule has 1 aliphatic heterocycles. The first-order chi connectivity index (χ1) is 8.08. The monoisotopic (exact) mass is 255 g/mol. The summed E-state index contributed by atoms with van der Waals surface area (Å²) in [5, 5.41) is 17.1. The van der Waals surface area contributed by atoms with Crippen molar-refractivity contribution in [1.29, 1.82) is 0 Å². The van der Waals surface area contributed by atoms with Crippen molar-refractivity contribution in [2.75, 3.05) is 13.1 Å². The summed E-state index contributed by atoms with van der Waals surface area (Å²) in [6.45, 7) is 2.97. The average Bonchev–Trinajstić information content (AvgIpc) is 2.78. The van der Waals surface area contributed by atoms with Crippen LogP contribution < -0.4 is 0 Å². The summed E-state index contributed by atoms with van der Waals surface area (Å²) < 4.78 is 0. The Morgan fingerprint density at radius 2 is 2.35 bits per heavy atom. The Balaban J connectivity index is 2.04. The van der Waals surface area contributed by atoms with E-state index in [0.29, 0.717) is 18.8 Å². The topological polar surface area (TPSA) is 66.3 Å². The van der Waals surface area contributed by atoms with Gasteiger partial charge in [0.15, 0.2) is 10.8 Å². The van der Waals surface area contributed by atoms with Gasteiger partial charge in [-0.3, -0.25) is 4.79 Å². The third-order valence-corrected chi connectivity index (χ3v) is 3.25. The third-order valence-electron chi connectivity index (χ3n) is 3.05. The number of hydrogen-bond donors (Lipinski definition) is 1. The summed E-state index contributed by atoms with van der Waals surface area (Å²) in [6, 6.07) is 3.11. The first kappa shape index (κ1) is 12.3. The number of likely N-dealkylation sites (tertiary alicyclic amines) is 1. The predicted octanol–water partition coefficient (Wildman–Crippen LogP) is 0.973. The molecule has 1 N–H and O–H groups in total. The van der Waals surface area contributed by atoms with Crippen LogP contribution in [0.1, 0.15) is 23.8 Å². The van der Waals surface area contributed by atoms with Crippen LogP contribution in [-0.4, -0.2) is 45.3 Å². The van der Waals surface area contributed by atoms with E-state index < -0.39 is 0 Å². The van der Waals surface area contributed by atoms with Gasteiger partial charge >= 0.3 is 0 Å². The molecule has 92 valence electrons. The second-order valence-corrected chi connectivity index (χ2v) is 4.67. The minimum atomic E-state index is -0.385. The molecule has 0 aromatic carbocycles. The molecule has 1 amide bonds. The maximum absolute atomic E-state index is 12.0. The Kier molecular flexibility index (Phi) is 3.59. The van der Waals surface area contributed by atoms with E-state index in [1.54, 1.807) is 24.0 Å². The molecule has 0 spiro atoms. The molecule has 2 unspecified atom stereocenters. The van der Waals surface area contributed by atoms with E-state index in [1.165, 1.54) is 0 Å². The number of halogens is 1. The Hall–Kier alpha value is -1.20. The standard InChI is InChI=1S/C11H14ClN3O2/c1-7(16)8-4-5-15(6-8)11(17)9-2-3-10(12)14-13-9/h2-3,7-8,16H,4-6H2,1H3. The lowest BCUT2D eigenvalue weighted by molar-refractivity contribution is 0.0755. The molecule has 1 aliphatic rings. The van der Waals surface area contributed by atoms with Crippen molar-refractivity contribution in [1.82, 2.24) is 15.1 Å². The highest BCUT2D eigenvalue weighted by atomic mass is 35.5. The summed E-state index contributed by atoms with van der Waals surface area (Å²) in [5.74, 6) is -0.00322. The molecule has 0 aliphatic carbocycles. The molecule has 2 atom stereocenters. The normalized spacial score (nSPS) is 21.6. The van der Waals surface area contributed by atoms with Gasteiger partial charge in [-0.15, -0.1) is 10.2 Å². The first-order valence-electron chi connectivity index (χ1n) is 5.54. The number of aliphatic hydroxyl groups is 1. The number of aromatic nitrogens is 2. The highest BCUT2D eigenvalue weighted by molar-refractivity contribution is 6.29. The van der Waals surface area contributed by atoms with E-state index >= 15 is 0 Å². The maximum Gasteiger partial charge on any atom is 0.274 e. The summed E-state index contributed by atoms with van der Waals surface area (Å²) in [5.41, 5.74) is 0.292. The SMILES string of the molecule is CC(O)C1CCN(C(=O)c2ccc(Cl)nn2)C1. The van der Waals surface area contributed by atoms with E-state index in [-0.39, 0.29) is 23.1 Å². The summed E-state index contributed by atoms with van der Waals surface area (Å²) >= 11 is 5.61. The number of nitrogens with zero attached hydrogens (tertiary/aromatic N) is 3. The van der Waals surface area contributed by atoms with Crippen molar-refractivity contribution in [3.05, 3.63) is 23.0 Å². The molecule has 0 saturated carbocycles. The van der Waals surface area contributed by atoms with Crippen LogP contribution in [-0.2, 0) is 0 Å². The Bertz CT molecular complexity index is 408. The van der Waals surface area contributed by atoms with Crippen molar-refractivity contribution in [2.24, 2.45) is 5.92 Å². The van der Waals surface area contributed by atoms with Gasteiger partial charge in [-0.25, -0.2) is 0 Å². The molecule has 0 radical (unpaired) electrons. The number of rotatable bonds is 2. The third kappa shape index (κ3) is 2.73. The van der Waals surface area contributed by atoms with Gasteiger partial charge in [0.1, 0.15) is 0 Å². The summed E-state index contributed by atoms with van der Waals surface area (Å²) in [6.07, 6.45) is 0.439. The lowest BCUT2D eigenvalue weighted by Crippen LogP contribution is -2.31. The van der Waals surface area contributed by atoms with E-state index in [4.69, 9.17) is 11.6 Å². The van der Waals surface area contributed by atoms with Gasteiger partial charge in [-0.1, -0.05) is 11.6 Å². The quantitative estimate of drug-likeness (QED) is 0.855. The van der Waals surface area contributed by atoms with Crippen LogP contribution in [0, 0.1) is 5.92 Å². The number of hydrogen-bond acceptors (Lipinski definition) is 4. The van der Waals surface area contributed by atoms with Gasteiger partial charge in [-0.05, 0) is 25.5 Å². The molecule has 1 aromatic rings. The maximum atomic E-state index is 12.0. The molecule has 17 heavy (non-hydrogen) atoms. The molecule has 6 heteroatoms. The molecule has 1 fully saturated rings. The zero-order valence-corrected chi connectivity index (χ0v) is 10.3.